The number of carbonyl (C=O) groups excluding carboxylic acids is 1. The summed E-state index contributed by atoms with van der Waals surface area (Å²) in [6.07, 6.45) is 11.2. The maximum absolute atomic E-state index is 12.6. The molecule has 1 amide bonds. The predicted octanol–water partition coefficient (Wildman–Crippen LogP) is 5.84. The Morgan fingerprint density at radius 2 is 1.88 bits per heavy atom. The third-order valence-corrected chi connectivity index (χ3v) is 6.58. The van der Waals surface area contributed by atoms with Crippen molar-refractivity contribution in [2.45, 2.75) is 115 Å². The van der Waals surface area contributed by atoms with E-state index in [0.717, 1.165) is 38.0 Å². The lowest BCUT2D eigenvalue weighted by Crippen LogP contribution is -2.37. The van der Waals surface area contributed by atoms with Crippen molar-refractivity contribution in [2.24, 2.45) is 5.92 Å². The van der Waals surface area contributed by atoms with Crippen molar-refractivity contribution in [3.63, 3.8) is 0 Å². The van der Waals surface area contributed by atoms with Crippen LogP contribution in [0.25, 0.3) is 0 Å². The summed E-state index contributed by atoms with van der Waals surface area (Å²) in [7, 11) is 0. The fraction of sp³-hybridized carbons (Fsp3) is 0.833. The quantitative estimate of drug-likeness (QED) is 0.497. The maximum atomic E-state index is 12.6. The molecule has 32 heavy (non-hydrogen) atoms. The number of ether oxygens (including phenoxy) is 1. The number of rotatable bonds is 8. The molecule has 1 N–H and O–H groups in total. The van der Waals surface area contributed by atoms with Crippen LogP contribution in [-0.2, 0) is 9.53 Å². The number of carboxylic acid groups (broad SMARTS) is 1. The normalized spacial score (nSPS) is 21.3. The van der Waals surface area contributed by atoms with Gasteiger partial charge in [0, 0.05) is 12.5 Å². The van der Waals surface area contributed by atoms with Crippen LogP contribution in [0, 0.1) is 5.92 Å². The summed E-state index contributed by atoms with van der Waals surface area (Å²) >= 11 is 0. The van der Waals surface area contributed by atoms with Crippen molar-refractivity contribution >= 4 is 12.1 Å². The van der Waals surface area contributed by atoms with Crippen LogP contribution in [0.15, 0.2) is 4.52 Å². The van der Waals surface area contributed by atoms with Gasteiger partial charge in [0.15, 0.2) is 5.82 Å². The van der Waals surface area contributed by atoms with Gasteiger partial charge in [0.25, 0.3) is 0 Å². The molecule has 2 heterocycles. The number of nitrogens with zero attached hydrogens (tertiary/aromatic N) is 3. The topological polar surface area (TPSA) is 106 Å². The third kappa shape index (κ3) is 7.20. The molecule has 0 unspecified atom stereocenters. The molecule has 1 aromatic heterocycles. The first-order chi connectivity index (χ1) is 15.2. The van der Waals surface area contributed by atoms with Gasteiger partial charge in [-0.25, -0.2) is 4.79 Å². The second kappa shape index (κ2) is 11.1. The Labute approximate surface area is 191 Å². The summed E-state index contributed by atoms with van der Waals surface area (Å²) in [6, 6.07) is -0.386. The lowest BCUT2D eigenvalue weighted by molar-refractivity contribution is -0.155. The van der Waals surface area contributed by atoms with Gasteiger partial charge < -0.3 is 14.4 Å². The number of hydrogen-bond acceptors (Lipinski definition) is 6. The summed E-state index contributed by atoms with van der Waals surface area (Å²) < 4.78 is 11.1. The van der Waals surface area contributed by atoms with Gasteiger partial charge in [-0.05, 0) is 52.4 Å². The molecule has 8 nitrogen and oxygen atoms in total. The van der Waals surface area contributed by atoms with E-state index in [4.69, 9.17) is 9.26 Å². The van der Waals surface area contributed by atoms with E-state index in [2.05, 4.69) is 10.1 Å². The van der Waals surface area contributed by atoms with Crippen molar-refractivity contribution in [2.75, 3.05) is 6.54 Å². The zero-order valence-corrected chi connectivity index (χ0v) is 19.8. The van der Waals surface area contributed by atoms with Crippen LogP contribution >= 0.6 is 0 Å². The Kier molecular flexibility index (Phi) is 8.54. The zero-order chi connectivity index (χ0) is 23.1. The van der Waals surface area contributed by atoms with E-state index in [0.29, 0.717) is 24.7 Å². The molecule has 0 aromatic carbocycles. The number of amides is 1. The van der Waals surface area contributed by atoms with Crippen molar-refractivity contribution in [3.05, 3.63) is 11.7 Å². The van der Waals surface area contributed by atoms with Gasteiger partial charge in [0.2, 0.25) is 5.89 Å². The molecule has 3 rings (SSSR count). The average molecular weight is 450 g/mol. The number of esters is 1. The lowest BCUT2D eigenvalue weighted by atomic mass is 9.84. The Hall–Kier alpha value is -2.12. The molecule has 2 fully saturated rings. The average Bonchev–Trinajstić information content (AvgIpc) is 3.22. The maximum Gasteiger partial charge on any atom is 0.407 e. The summed E-state index contributed by atoms with van der Waals surface area (Å²) in [6.45, 7) is 6.05. The molecule has 1 saturated carbocycles. The molecule has 0 bridgehead atoms. The van der Waals surface area contributed by atoms with E-state index in [1.165, 1.54) is 37.0 Å². The summed E-state index contributed by atoms with van der Waals surface area (Å²) in [4.78, 5) is 30.2. The molecule has 0 spiro atoms. The number of aromatic nitrogens is 2. The molecule has 0 radical (unpaired) electrons. The van der Waals surface area contributed by atoms with Gasteiger partial charge in [-0.15, -0.1) is 0 Å². The van der Waals surface area contributed by atoms with Gasteiger partial charge in [0.05, 0.1) is 12.5 Å². The second-order valence-corrected chi connectivity index (χ2v) is 10.4. The van der Waals surface area contributed by atoms with Gasteiger partial charge >= 0.3 is 12.1 Å². The summed E-state index contributed by atoms with van der Waals surface area (Å²) in [5.74, 6) is 1.12. The number of likely N-dealkylation sites (tertiary alicyclic amines) is 1. The molecule has 180 valence electrons. The van der Waals surface area contributed by atoms with Crippen LogP contribution in [0.3, 0.4) is 0 Å². The van der Waals surface area contributed by atoms with Crippen LogP contribution in [0.1, 0.15) is 121 Å². The molecular formula is C24H39N3O5. The largest absolute Gasteiger partial charge is 0.465 e. The molecule has 2 atom stereocenters. The highest BCUT2D eigenvalue weighted by Gasteiger charge is 2.33. The van der Waals surface area contributed by atoms with Crippen molar-refractivity contribution in [1.82, 2.24) is 15.0 Å². The molecule has 8 heteroatoms. The lowest BCUT2D eigenvalue weighted by Gasteiger charge is -2.31. The standard InChI is InChI=1S/C24H39N3O5/c1-24(2,3)31-20(28)16-18(13-9-12-17-10-5-4-6-11-17)22-25-21(26-32-22)19-14-7-8-15-27(19)23(29)30/h17-19H,4-16H2,1-3H3,(H,29,30)/t18-,19+/m1/s1. The Balaban J connectivity index is 1.68. The van der Waals surface area contributed by atoms with Crippen LogP contribution in [0.4, 0.5) is 4.79 Å². The fourth-order valence-electron chi connectivity index (χ4n) is 5.00. The van der Waals surface area contributed by atoms with Gasteiger partial charge in [0.1, 0.15) is 5.60 Å². The first-order valence-electron chi connectivity index (χ1n) is 12.3. The first kappa shape index (κ1) is 24.5. The molecule has 1 aromatic rings. The van der Waals surface area contributed by atoms with Crippen LogP contribution < -0.4 is 0 Å². The van der Waals surface area contributed by atoms with Crippen molar-refractivity contribution in [3.8, 4) is 0 Å². The van der Waals surface area contributed by atoms with Crippen molar-refractivity contribution in [1.29, 1.82) is 0 Å². The van der Waals surface area contributed by atoms with Crippen LogP contribution in [0.2, 0.25) is 0 Å². The van der Waals surface area contributed by atoms with Crippen LogP contribution in [0.5, 0.6) is 0 Å². The third-order valence-electron chi connectivity index (χ3n) is 6.58. The number of hydrogen-bond donors (Lipinski definition) is 1. The van der Waals surface area contributed by atoms with E-state index >= 15 is 0 Å². The van der Waals surface area contributed by atoms with E-state index in [1.807, 2.05) is 20.8 Å². The molecule has 2 aliphatic rings. The molecule has 1 aliphatic heterocycles. The Morgan fingerprint density at radius 1 is 1.16 bits per heavy atom. The zero-order valence-electron chi connectivity index (χ0n) is 19.8. The minimum Gasteiger partial charge on any atom is -0.465 e. The number of carbonyl (C=O) groups is 2. The highest BCUT2D eigenvalue weighted by atomic mass is 16.6. The van der Waals surface area contributed by atoms with E-state index < -0.39 is 11.7 Å². The van der Waals surface area contributed by atoms with Gasteiger partial charge in [-0.2, -0.15) is 4.98 Å². The molecular weight excluding hydrogens is 410 g/mol. The van der Waals surface area contributed by atoms with Gasteiger partial charge in [-0.3, -0.25) is 9.69 Å². The van der Waals surface area contributed by atoms with Gasteiger partial charge in [-0.1, -0.05) is 50.1 Å². The minimum absolute atomic E-state index is 0.191. The molecule has 1 aliphatic carbocycles. The van der Waals surface area contributed by atoms with E-state index in [-0.39, 0.29) is 24.3 Å². The summed E-state index contributed by atoms with van der Waals surface area (Å²) in [5, 5.41) is 13.7. The van der Waals surface area contributed by atoms with Crippen molar-refractivity contribution < 1.29 is 24.0 Å². The monoisotopic (exact) mass is 449 g/mol. The predicted molar refractivity (Wildman–Crippen MR) is 119 cm³/mol. The van der Waals surface area contributed by atoms with Crippen LogP contribution in [-0.4, -0.2) is 44.4 Å². The van der Waals surface area contributed by atoms with E-state index in [1.54, 1.807) is 0 Å². The fourth-order valence-corrected chi connectivity index (χ4v) is 5.00. The molecule has 1 saturated heterocycles. The Morgan fingerprint density at radius 3 is 2.56 bits per heavy atom. The SMILES string of the molecule is CC(C)(C)OC(=O)C[C@@H](CCCC1CCCCC1)c1nc([C@@H]2CCCCN2C(=O)O)no1. The minimum atomic E-state index is -0.959. The second-order valence-electron chi connectivity index (χ2n) is 10.4. The van der Waals surface area contributed by atoms with E-state index in [9.17, 15) is 14.7 Å². The highest BCUT2D eigenvalue weighted by molar-refractivity contribution is 5.70. The first-order valence-corrected chi connectivity index (χ1v) is 12.3. The highest BCUT2D eigenvalue weighted by Crippen LogP contribution is 2.34. The Bertz CT molecular complexity index is 751. The smallest absolute Gasteiger partial charge is 0.407 e. The number of piperidine rings is 1. The summed E-state index contributed by atoms with van der Waals surface area (Å²) in [5.41, 5.74) is -0.548.